The third kappa shape index (κ3) is 5.56. The Kier molecular flexibility index (Phi) is 6.61. The monoisotopic (exact) mass is 244 g/mol. The maximum Gasteiger partial charge on any atom is 0.315 e. The second kappa shape index (κ2) is 7.14. The van der Waals surface area contributed by atoms with Crippen LogP contribution in [0.25, 0.3) is 0 Å². The summed E-state index contributed by atoms with van der Waals surface area (Å²) in [6.07, 6.45) is 0.989. The number of hydrogen-bond acceptors (Lipinski definition) is 2. The highest BCUT2D eigenvalue weighted by atomic mass is 16.4. The molecule has 0 rings (SSSR count). The van der Waals surface area contributed by atoms with E-state index in [1.165, 1.54) is 0 Å². The Morgan fingerprint density at radius 2 is 1.53 bits per heavy atom. The molecule has 5 nitrogen and oxygen atoms in total. The van der Waals surface area contributed by atoms with Crippen molar-refractivity contribution in [3.8, 4) is 0 Å². The van der Waals surface area contributed by atoms with Crippen LogP contribution >= 0.6 is 0 Å². The first kappa shape index (κ1) is 15.7. The Hall–Kier alpha value is -1.26. The zero-order valence-electron chi connectivity index (χ0n) is 11.3. The molecule has 0 radical (unpaired) electrons. The lowest BCUT2D eigenvalue weighted by Crippen LogP contribution is -2.49. The molecule has 0 saturated heterocycles. The van der Waals surface area contributed by atoms with Crippen LogP contribution in [0, 0.1) is 11.8 Å². The van der Waals surface area contributed by atoms with Crippen LogP contribution in [0.1, 0.15) is 41.0 Å². The molecule has 0 fully saturated rings. The number of carboxylic acid groups (broad SMARTS) is 1. The maximum absolute atomic E-state index is 11.6. The van der Waals surface area contributed by atoms with Crippen molar-refractivity contribution in [2.45, 2.75) is 53.1 Å². The van der Waals surface area contributed by atoms with Crippen molar-refractivity contribution < 1.29 is 14.7 Å². The normalized spacial score (nSPS) is 17.7. The number of urea groups is 1. The molecule has 0 aromatic rings. The summed E-state index contributed by atoms with van der Waals surface area (Å²) >= 11 is 0. The van der Waals surface area contributed by atoms with Crippen molar-refractivity contribution in [1.29, 1.82) is 0 Å². The third-order valence-electron chi connectivity index (χ3n) is 3.35. The fourth-order valence-corrected chi connectivity index (χ4v) is 1.29. The second-order valence-electron chi connectivity index (χ2n) is 4.71. The summed E-state index contributed by atoms with van der Waals surface area (Å²) in [5.74, 6) is -1.11. The summed E-state index contributed by atoms with van der Waals surface area (Å²) in [5.41, 5.74) is 0. The van der Waals surface area contributed by atoms with E-state index in [2.05, 4.69) is 24.5 Å². The highest BCUT2D eigenvalue weighted by Crippen LogP contribution is 2.07. The molecule has 0 aliphatic rings. The number of carbonyl (C=O) groups is 2. The van der Waals surface area contributed by atoms with E-state index in [0.29, 0.717) is 5.92 Å². The zero-order valence-corrected chi connectivity index (χ0v) is 11.3. The Bertz CT molecular complexity index is 268. The van der Waals surface area contributed by atoms with Gasteiger partial charge in [0.15, 0.2) is 0 Å². The number of carboxylic acids is 1. The van der Waals surface area contributed by atoms with Crippen molar-refractivity contribution in [2.24, 2.45) is 11.8 Å². The molecule has 0 aromatic carbocycles. The fourth-order valence-electron chi connectivity index (χ4n) is 1.29. The Morgan fingerprint density at radius 1 is 1.06 bits per heavy atom. The smallest absolute Gasteiger partial charge is 0.315 e. The predicted octanol–water partition coefficient (Wildman–Crippen LogP) is 1.83. The van der Waals surface area contributed by atoms with E-state index in [9.17, 15) is 9.59 Å². The minimum atomic E-state index is -0.909. The van der Waals surface area contributed by atoms with Crippen LogP contribution in [-0.4, -0.2) is 29.2 Å². The number of carbonyl (C=O) groups excluding carboxylic acids is 1. The van der Waals surface area contributed by atoms with Gasteiger partial charge in [0.1, 0.15) is 0 Å². The van der Waals surface area contributed by atoms with Gasteiger partial charge in [0.25, 0.3) is 0 Å². The van der Waals surface area contributed by atoms with E-state index < -0.39 is 17.9 Å². The van der Waals surface area contributed by atoms with Crippen LogP contribution in [0.5, 0.6) is 0 Å². The summed E-state index contributed by atoms with van der Waals surface area (Å²) in [7, 11) is 0. The van der Waals surface area contributed by atoms with Crippen LogP contribution in [0.3, 0.4) is 0 Å². The molecule has 0 aromatic heterocycles. The van der Waals surface area contributed by atoms with E-state index in [-0.39, 0.29) is 12.1 Å². The number of nitrogens with one attached hydrogen (secondary N) is 2. The van der Waals surface area contributed by atoms with Gasteiger partial charge in [-0.15, -0.1) is 0 Å². The molecule has 0 spiro atoms. The van der Waals surface area contributed by atoms with E-state index in [4.69, 9.17) is 5.11 Å². The van der Waals surface area contributed by atoms with Crippen LogP contribution in [0.2, 0.25) is 0 Å². The Labute approximate surface area is 103 Å². The van der Waals surface area contributed by atoms with Gasteiger partial charge in [0.05, 0.1) is 5.92 Å². The maximum atomic E-state index is 11.6. The topological polar surface area (TPSA) is 78.4 Å². The van der Waals surface area contributed by atoms with Crippen molar-refractivity contribution in [1.82, 2.24) is 10.6 Å². The number of aliphatic carboxylic acids is 1. The largest absolute Gasteiger partial charge is 0.481 e. The molecular formula is C12H24N2O3. The summed E-state index contributed by atoms with van der Waals surface area (Å²) in [6, 6.07) is -0.623. The zero-order chi connectivity index (χ0) is 13.6. The molecule has 5 heteroatoms. The Morgan fingerprint density at radius 3 is 1.94 bits per heavy atom. The summed E-state index contributed by atoms with van der Waals surface area (Å²) in [4.78, 5) is 22.3. The van der Waals surface area contributed by atoms with Gasteiger partial charge in [0.2, 0.25) is 0 Å². The first-order valence-electron chi connectivity index (χ1n) is 6.09. The predicted molar refractivity (Wildman–Crippen MR) is 66.8 cm³/mol. The molecule has 4 unspecified atom stereocenters. The lowest BCUT2D eigenvalue weighted by molar-refractivity contribution is -0.141. The van der Waals surface area contributed by atoms with Crippen LogP contribution < -0.4 is 10.6 Å². The molecule has 3 N–H and O–H groups in total. The van der Waals surface area contributed by atoms with Crippen molar-refractivity contribution in [3.63, 3.8) is 0 Å². The quantitative estimate of drug-likeness (QED) is 0.667. The van der Waals surface area contributed by atoms with Gasteiger partial charge < -0.3 is 15.7 Å². The van der Waals surface area contributed by atoms with Crippen molar-refractivity contribution >= 4 is 12.0 Å². The average Bonchev–Trinajstić information content (AvgIpc) is 2.26. The van der Waals surface area contributed by atoms with Gasteiger partial charge in [-0.2, -0.15) is 0 Å². The van der Waals surface area contributed by atoms with E-state index >= 15 is 0 Å². The van der Waals surface area contributed by atoms with Gasteiger partial charge in [0, 0.05) is 12.1 Å². The molecule has 4 atom stereocenters. The third-order valence-corrected chi connectivity index (χ3v) is 3.35. The van der Waals surface area contributed by atoms with E-state index in [0.717, 1.165) is 6.42 Å². The lowest BCUT2D eigenvalue weighted by Gasteiger charge is -2.23. The number of amides is 2. The average molecular weight is 244 g/mol. The van der Waals surface area contributed by atoms with Crippen LogP contribution in [0.15, 0.2) is 0 Å². The molecule has 0 heterocycles. The lowest BCUT2D eigenvalue weighted by atomic mass is 10.0. The minimum Gasteiger partial charge on any atom is -0.481 e. The summed E-state index contributed by atoms with van der Waals surface area (Å²) in [6.45, 7) is 9.33. The fraction of sp³-hybridized carbons (Fsp3) is 0.833. The molecule has 0 aliphatic carbocycles. The molecule has 2 amide bonds. The van der Waals surface area contributed by atoms with Crippen molar-refractivity contribution in [2.75, 3.05) is 0 Å². The van der Waals surface area contributed by atoms with Gasteiger partial charge in [-0.05, 0) is 26.7 Å². The standard InChI is InChI=1S/C12H24N2O3/c1-6-7(2)9(4)13-12(17)14-10(5)8(3)11(15)16/h7-10H,6H2,1-5H3,(H,15,16)(H2,13,14,17). The first-order chi connectivity index (χ1) is 7.79. The molecule has 0 bridgehead atoms. The summed E-state index contributed by atoms with van der Waals surface area (Å²) in [5, 5.41) is 14.3. The molecular weight excluding hydrogens is 220 g/mol. The Balaban J connectivity index is 4.14. The molecule has 0 saturated carbocycles. The number of rotatable bonds is 6. The van der Waals surface area contributed by atoms with Crippen molar-refractivity contribution in [3.05, 3.63) is 0 Å². The van der Waals surface area contributed by atoms with E-state index in [1.54, 1.807) is 13.8 Å². The van der Waals surface area contributed by atoms with Gasteiger partial charge in [-0.3, -0.25) is 4.79 Å². The second-order valence-corrected chi connectivity index (χ2v) is 4.71. The summed E-state index contributed by atoms with van der Waals surface area (Å²) < 4.78 is 0. The number of hydrogen-bond donors (Lipinski definition) is 3. The SMILES string of the molecule is CCC(C)C(C)NC(=O)NC(C)C(C)C(=O)O. The van der Waals surface area contributed by atoms with Gasteiger partial charge in [-0.1, -0.05) is 20.3 Å². The molecule has 17 heavy (non-hydrogen) atoms. The highest BCUT2D eigenvalue weighted by molar-refractivity contribution is 5.76. The van der Waals surface area contributed by atoms with Crippen LogP contribution in [-0.2, 0) is 4.79 Å². The highest BCUT2D eigenvalue weighted by Gasteiger charge is 2.22. The van der Waals surface area contributed by atoms with Gasteiger partial charge >= 0.3 is 12.0 Å². The molecule has 100 valence electrons. The van der Waals surface area contributed by atoms with Gasteiger partial charge in [-0.25, -0.2) is 4.79 Å². The molecule has 0 aliphatic heterocycles. The minimum absolute atomic E-state index is 0.0762. The first-order valence-corrected chi connectivity index (χ1v) is 6.09. The van der Waals surface area contributed by atoms with Crippen LogP contribution in [0.4, 0.5) is 4.79 Å². The van der Waals surface area contributed by atoms with E-state index in [1.807, 2.05) is 6.92 Å².